The maximum absolute atomic E-state index is 13.9. The van der Waals surface area contributed by atoms with E-state index in [2.05, 4.69) is 4.98 Å². The first-order chi connectivity index (χ1) is 10.3. The van der Waals surface area contributed by atoms with Crippen LogP contribution in [0.1, 0.15) is 11.1 Å². The first-order valence-electron chi connectivity index (χ1n) is 6.58. The Morgan fingerprint density at radius 1 is 1.00 bits per heavy atom. The van der Waals surface area contributed by atoms with Gasteiger partial charge in [0.05, 0.1) is 11.4 Å². The second-order valence-corrected chi connectivity index (χ2v) is 4.91. The molecule has 0 aliphatic carbocycles. The van der Waals surface area contributed by atoms with Crippen LogP contribution < -0.4 is 4.74 Å². The van der Waals surface area contributed by atoms with Crippen molar-refractivity contribution in [2.24, 2.45) is 0 Å². The summed E-state index contributed by atoms with van der Waals surface area (Å²) in [6.45, 7) is 0.249. The highest BCUT2D eigenvalue weighted by molar-refractivity contribution is 6.17. The molecule has 0 unspecified atom stereocenters. The predicted molar refractivity (Wildman–Crippen MR) is 82.0 cm³/mol. The summed E-state index contributed by atoms with van der Waals surface area (Å²) >= 11 is 5.82. The number of hydrogen-bond donors (Lipinski definition) is 0. The predicted octanol–water partition coefficient (Wildman–Crippen LogP) is 4.69. The zero-order valence-electron chi connectivity index (χ0n) is 11.2. The van der Waals surface area contributed by atoms with Crippen LogP contribution in [0.15, 0.2) is 54.7 Å². The number of rotatable bonds is 4. The van der Waals surface area contributed by atoms with Crippen LogP contribution in [-0.2, 0) is 12.5 Å². The summed E-state index contributed by atoms with van der Waals surface area (Å²) in [6.07, 6.45) is 1.74. The van der Waals surface area contributed by atoms with Crippen LogP contribution in [0.3, 0.4) is 0 Å². The molecule has 4 heteroatoms. The van der Waals surface area contributed by atoms with Crippen molar-refractivity contribution < 1.29 is 9.13 Å². The van der Waals surface area contributed by atoms with Crippen molar-refractivity contribution in [1.29, 1.82) is 0 Å². The quantitative estimate of drug-likeness (QED) is 0.652. The molecule has 1 heterocycles. The van der Waals surface area contributed by atoms with E-state index < -0.39 is 5.82 Å². The Bertz CT molecular complexity index is 770. The SMILES string of the molecule is Fc1cccc(CCl)c1OCc1cccc2cccnc12. The third-order valence-corrected chi connectivity index (χ3v) is 3.57. The van der Waals surface area contributed by atoms with Gasteiger partial charge in [-0.1, -0.05) is 36.4 Å². The van der Waals surface area contributed by atoms with Gasteiger partial charge in [0.1, 0.15) is 6.61 Å². The van der Waals surface area contributed by atoms with E-state index >= 15 is 0 Å². The number of ether oxygens (including phenoxy) is 1. The van der Waals surface area contributed by atoms with E-state index in [0.29, 0.717) is 5.56 Å². The molecular formula is C17H13ClFNO. The van der Waals surface area contributed by atoms with Gasteiger partial charge in [-0.05, 0) is 12.1 Å². The topological polar surface area (TPSA) is 22.1 Å². The summed E-state index contributed by atoms with van der Waals surface area (Å²) < 4.78 is 19.5. The molecule has 0 aliphatic rings. The number of fused-ring (bicyclic) bond motifs is 1. The molecule has 0 saturated heterocycles. The fraction of sp³-hybridized carbons (Fsp3) is 0.118. The fourth-order valence-electron chi connectivity index (χ4n) is 2.25. The lowest BCUT2D eigenvalue weighted by Gasteiger charge is -2.12. The maximum atomic E-state index is 13.9. The van der Waals surface area contributed by atoms with Crippen molar-refractivity contribution in [3.05, 3.63) is 71.7 Å². The van der Waals surface area contributed by atoms with Gasteiger partial charge < -0.3 is 4.74 Å². The molecule has 0 atom stereocenters. The van der Waals surface area contributed by atoms with Gasteiger partial charge in [0.25, 0.3) is 0 Å². The molecule has 2 aromatic carbocycles. The number of alkyl halides is 1. The molecule has 1 aromatic heterocycles. The van der Waals surface area contributed by atoms with Crippen LogP contribution in [0.2, 0.25) is 0 Å². The van der Waals surface area contributed by atoms with Gasteiger partial charge in [-0.25, -0.2) is 4.39 Å². The molecule has 0 amide bonds. The second kappa shape index (κ2) is 6.10. The molecule has 0 radical (unpaired) electrons. The van der Waals surface area contributed by atoms with Crippen LogP contribution in [0.25, 0.3) is 10.9 Å². The van der Waals surface area contributed by atoms with Gasteiger partial charge in [0.2, 0.25) is 0 Å². The number of hydrogen-bond acceptors (Lipinski definition) is 2. The normalized spacial score (nSPS) is 10.8. The van der Waals surface area contributed by atoms with E-state index in [1.165, 1.54) is 6.07 Å². The number of aromatic nitrogens is 1. The Morgan fingerprint density at radius 2 is 1.76 bits per heavy atom. The monoisotopic (exact) mass is 301 g/mol. The van der Waals surface area contributed by atoms with Crippen LogP contribution in [-0.4, -0.2) is 4.98 Å². The summed E-state index contributed by atoms with van der Waals surface area (Å²) in [5, 5.41) is 1.03. The summed E-state index contributed by atoms with van der Waals surface area (Å²) in [5.74, 6) is 0.0164. The smallest absolute Gasteiger partial charge is 0.165 e. The summed E-state index contributed by atoms with van der Waals surface area (Å²) in [5.41, 5.74) is 2.42. The standard InChI is InChI=1S/C17H13ClFNO/c18-10-13-5-2-8-15(19)17(13)21-11-14-6-1-4-12-7-3-9-20-16(12)14/h1-9H,10-11H2. The largest absolute Gasteiger partial charge is 0.485 e. The Balaban J connectivity index is 1.91. The van der Waals surface area contributed by atoms with E-state index in [4.69, 9.17) is 16.3 Å². The van der Waals surface area contributed by atoms with Gasteiger partial charge in [0.15, 0.2) is 11.6 Å². The van der Waals surface area contributed by atoms with Crippen molar-refractivity contribution in [3.63, 3.8) is 0 Å². The second-order valence-electron chi connectivity index (χ2n) is 4.64. The van der Waals surface area contributed by atoms with E-state index in [9.17, 15) is 4.39 Å². The number of pyridine rings is 1. The molecule has 0 spiro atoms. The van der Waals surface area contributed by atoms with E-state index in [1.807, 2.05) is 30.3 Å². The highest BCUT2D eigenvalue weighted by Gasteiger charge is 2.10. The lowest BCUT2D eigenvalue weighted by Crippen LogP contribution is -2.01. The van der Waals surface area contributed by atoms with Crippen molar-refractivity contribution in [1.82, 2.24) is 4.98 Å². The summed E-state index contributed by atoms with van der Waals surface area (Å²) in [6, 6.07) is 14.5. The maximum Gasteiger partial charge on any atom is 0.165 e. The summed E-state index contributed by atoms with van der Waals surface area (Å²) in [7, 11) is 0. The zero-order chi connectivity index (χ0) is 14.7. The van der Waals surface area contributed by atoms with E-state index in [1.54, 1.807) is 18.3 Å². The lowest BCUT2D eigenvalue weighted by atomic mass is 10.1. The van der Waals surface area contributed by atoms with Crippen molar-refractivity contribution in [3.8, 4) is 5.75 Å². The highest BCUT2D eigenvalue weighted by Crippen LogP contribution is 2.26. The minimum atomic E-state index is -0.402. The highest BCUT2D eigenvalue weighted by atomic mass is 35.5. The third-order valence-electron chi connectivity index (χ3n) is 3.28. The minimum Gasteiger partial charge on any atom is -0.485 e. The lowest BCUT2D eigenvalue weighted by molar-refractivity contribution is 0.289. The molecule has 106 valence electrons. The first-order valence-corrected chi connectivity index (χ1v) is 7.12. The number of benzene rings is 2. The Labute approximate surface area is 127 Å². The van der Waals surface area contributed by atoms with Gasteiger partial charge in [0, 0.05) is 22.7 Å². The average molecular weight is 302 g/mol. The molecule has 0 bridgehead atoms. The fourth-order valence-corrected chi connectivity index (χ4v) is 2.46. The molecule has 0 aliphatic heterocycles. The molecule has 0 N–H and O–H groups in total. The molecule has 3 aromatic rings. The number of halogens is 2. The van der Waals surface area contributed by atoms with Gasteiger partial charge in [-0.2, -0.15) is 0 Å². The van der Waals surface area contributed by atoms with Gasteiger partial charge in [-0.15, -0.1) is 11.6 Å². The molecular weight excluding hydrogens is 289 g/mol. The van der Waals surface area contributed by atoms with Crippen LogP contribution in [0.5, 0.6) is 5.75 Å². The zero-order valence-corrected chi connectivity index (χ0v) is 12.0. The molecule has 3 rings (SSSR count). The van der Waals surface area contributed by atoms with Gasteiger partial charge in [-0.3, -0.25) is 4.98 Å². The molecule has 2 nitrogen and oxygen atoms in total. The Morgan fingerprint density at radius 3 is 2.62 bits per heavy atom. The van der Waals surface area contributed by atoms with E-state index in [0.717, 1.165) is 16.5 Å². The van der Waals surface area contributed by atoms with Crippen LogP contribution in [0.4, 0.5) is 4.39 Å². The Hall–Kier alpha value is -2.13. The molecule has 0 saturated carbocycles. The van der Waals surface area contributed by atoms with Gasteiger partial charge >= 0.3 is 0 Å². The summed E-state index contributed by atoms with van der Waals surface area (Å²) in [4.78, 5) is 4.36. The van der Waals surface area contributed by atoms with E-state index in [-0.39, 0.29) is 18.2 Å². The number of para-hydroxylation sites is 2. The number of nitrogens with zero attached hydrogens (tertiary/aromatic N) is 1. The van der Waals surface area contributed by atoms with Crippen LogP contribution >= 0.6 is 11.6 Å². The van der Waals surface area contributed by atoms with Crippen molar-refractivity contribution in [2.45, 2.75) is 12.5 Å². The molecule has 21 heavy (non-hydrogen) atoms. The van der Waals surface area contributed by atoms with Crippen molar-refractivity contribution in [2.75, 3.05) is 0 Å². The minimum absolute atomic E-state index is 0.209. The van der Waals surface area contributed by atoms with Crippen molar-refractivity contribution >= 4 is 22.5 Å². The van der Waals surface area contributed by atoms with Crippen LogP contribution in [0, 0.1) is 5.82 Å². The average Bonchev–Trinajstić information content (AvgIpc) is 2.53. The molecule has 0 fully saturated rings. The third kappa shape index (κ3) is 2.83. The first kappa shape index (κ1) is 13.8. The Kier molecular flexibility index (Phi) is 4.02.